The van der Waals surface area contributed by atoms with Crippen LogP contribution >= 0.6 is 0 Å². The number of amides is 2. The molecular weight excluding hydrogens is 224 g/mol. The van der Waals surface area contributed by atoms with Crippen molar-refractivity contribution >= 4 is 17.8 Å². The Morgan fingerprint density at radius 1 is 1.12 bits per heavy atom. The van der Waals surface area contributed by atoms with Crippen LogP contribution < -0.4 is 10.6 Å². The zero-order valence-corrected chi connectivity index (χ0v) is 10.4. The van der Waals surface area contributed by atoms with Gasteiger partial charge < -0.3 is 15.7 Å². The van der Waals surface area contributed by atoms with E-state index in [9.17, 15) is 14.4 Å². The van der Waals surface area contributed by atoms with Gasteiger partial charge in [0.05, 0.1) is 12.5 Å². The molecular formula is C11H20N2O4. The van der Waals surface area contributed by atoms with Gasteiger partial charge in [0.2, 0.25) is 11.8 Å². The normalized spacial score (nSPS) is 13.6. The minimum atomic E-state index is -1.02. The zero-order valence-electron chi connectivity index (χ0n) is 10.4. The van der Waals surface area contributed by atoms with Gasteiger partial charge in [-0.05, 0) is 6.42 Å². The van der Waals surface area contributed by atoms with Gasteiger partial charge >= 0.3 is 5.97 Å². The number of carboxylic acid groups (broad SMARTS) is 1. The number of carbonyl (C=O) groups is 3. The van der Waals surface area contributed by atoms with E-state index in [1.54, 1.807) is 0 Å². The Hall–Kier alpha value is -1.59. The quantitative estimate of drug-likeness (QED) is 0.586. The molecule has 0 aromatic heterocycles. The van der Waals surface area contributed by atoms with Crippen molar-refractivity contribution in [3.05, 3.63) is 0 Å². The molecule has 2 amide bonds. The van der Waals surface area contributed by atoms with E-state index >= 15 is 0 Å². The van der Waals surface area contributed by atoms with E-state index in [1.807, 2.05) is 6.92 Å². The minimum Gasteiger partial charge on any atom is -0.481 e. The molecule has 6 heteroatoms. The Morgan fingerprint density at radius 2 is 1.71 bits per heavy atom. The second-order valence-electron chi connectivity index (χ2n) is 3.98. The third-order valence-electron chi connectivity index (χ3n) is 2.55. The highest BCUT2D eigenvalue weighted by molar-refractivity contribution is 5.88. The maximum atomic E-state index is 11.5. The van der Waals surface area contributed by atoms with Crippen LogP contribution in [-0.4, -0.2) is 36.0 Å². The number of hydrogen-bond donors (Lipinski definition) is 3. The smallest absolute Gasteiger partial charge is 0.307 e. The predicted octanol–water partition coefficient (Wildman–Crippen LogP) is -0.0144. The number of rotatable bonds is 7. The lowest BCUT2D eigenvalue weighted by molar-refractivity contribution is -0.146. The molecule has 2 unspecified atom stereocenters. The summed E-state index contributed by atoms with van der Waals surface area (Å²) in [5.74, 6) is -3.15. The van der Waals surface area contributed by atoms with Crippen molar-refractivity contribution in [2.45, 2.75) is 27.2 Å². The van der Waals surface area contributed by atoms with Gasteiger partial charge in [-0.3, -0.25) is 14.4 Å². The number of carbonyl (C=O) groups excluding carboxylic acids is 2. The first-order valence-electron chi connectivity index (χ1n) is 5.67. The Labute approximate surface area is 101 Å². The molecule has 0 saturated carbocycles. The lowest BCUT2D eigenvalue weighted by atomic mass is 9.95. The highest BCUT2D eigenvalue weighted by Crippen LogP contribution is 2.10. The molecule has 0 bridgehead atoms. The van der Waals surface area contributed by atoms with E-state index in [4.69, 9.17) is 5.11 Å². The van der Waals surface area contributed by atoms with E-state index < -0.39 is 23.7 Å². The molecule has 0 rings (SSSR count). The van der Waals surface area contributed by atoms with Crippen LogP contribution in [0.3, 0.4) is 0 Å². The molecule has 17 heavy (non-hydrogen) atoms. The number of carboxylic acids is 1. The van der Waals surface area contributed by atoms with Crippen LogP contribution in [-0.2, 0) is 14.4 Å². The standard InChI is InChI=1S/C11H20N2O4/c1-4-5-12-9(14)6-13-10(15)7(2)8(3)11(16)17/h7-8H,4-6H2,1-3H3,(H,12,14)(H,13,15)(H,16,17). The lowest BCUT2D eigenvalue weighted by Gasteiger charge is -2.15. The van der Waals surface area contributed by atoms with Crippen molar-refractivity contribution in [1.29, 1.82) is 0 Å². The molecule has 6 nitrogen and oxygen atoms in total. The molecule has 0 heterocycles. The topological polar surface area (TPSA) is 95.5 Å². The summed E-state index contributed by atoms with van der Waals surface area (Å²) >= 11 is 0. The monoisotopic (exact) mass is 244 g/mol. The van der Waals surface area contributed by atoms with Gasteiger partial charge in [-0.25, -0.2) is 0 Å². The van der Waals surface area contributed by atoms with Crippen molar-refractivity contribution < 1.29 is 19.5 Å². The van der Waals surface area contributed by atoms with Gasteiger partial charge in [0.1, 0.15) is 0 Å². The second-order valence-corrected chi connectivity index (χ2v) is 3.98. The van der Waals surface area contributed by atoms with Crippen molar-refractivity contribution in [2.24, 2.45) is 11.8 Å². The van der Waals surface area contributed by atoms with E-state index in [2.05, 4.69) is 10.6 Å². The van der Waals surface area contributed by atoms with Crippen molar-refractivity contribution in [3.8, 4) is 0 Å². The molecule has 0 aliphatic rings. The first kappa shape index (κ1) is 15.4. The fraction of sp³-hybridized carbons (Fsp3) is 0.727. The van der Waals surface area contributed by atoms with Crippen molar-refractivity contribution in [2.75, 3.05) is 13.1 Å². The van der Waals surface area contributed by atoms with E-state index in [0.29, 0.717) is 6.54 Å². The molecule has 98 valence electrons. The summed E-state index contributed by atoms with van der Waals surface area (Å²) in [6.07, 6.45) is 0.826. The molecule has 0 spiro atoms. The second kappa shape index (κ2) is 7.65. The first-order chi connectivity index (χ1) is 7.90. The number of hydrogen-bond acceptors (Lipinski definition) is 3. The minimum absolute atomic E-state index is 0.116. The Bertz CT molecular complexity index is 291. The summed E-state index contributed by atoms with van der Waals surface area (Å²) in [6, 6.07) is 0. The predicted molar refractivity (Wildman–Crippen MR) is 62.3 cm³/mol. The summed E-state index contributed by atoms with van der Waals surface area (Å²) in [5.41, 5.74) is 0. The van der Waals surface area contributed by atoms with Crippen molar-refractivity contribution in [1.82, 2.24) is 10.6 Å². The van der Waals surface area contributed by atoms with Crippen LogP contribution in [0, 0.1) is 11.8 Å². The van der Waals surface area contributed by atoms with Crippen LogP contribution in [0.15, 0.2) is 0 Å². The van der Waals surface area contributed by atoms with Crippen LogP contribution in [0.25, 0.3) is 0 Å². The molecule has 2 atom stereocenters. The highest BCUT2D eigenvalue weighted by atomic mass is 16.4. The van der Waals surface area contributed by atoms with Gasteiger partial charge in [-0.1, -0.05) is 20.8 Å². The van der Waals surface area contributed by atoms with Gasteiger partial charge in [-0.15, -0.1) is 0 Å². The summed E-state index contributed by atoms with van der Waals surface area (Å²) < 4.78 is 0. The fourth-order valence-electron chi connectivity index (χ4n) is 1.10. The molecule has 0 aliphatic heterocycles. The number of nitrogens with one attached hydrogen (secondary N) is 2. The van der Waals surface area contributed by atoms with E-state index in [1.165, 1.54) is 13.8 Å². The Kier molecular flexibility index (Phi) is 6.93. The van der Waals surface area contributed by atoms with Crippen LogP contribution in [0.4, 0.5) is 0 Å². The summed E-state index contributed by atoms with van der Waals surface area (Å²) in [5, 5.41) is 13.8. The molecule has 0 aromatic carbocycles. The zero-order chi connectivity index (χ0) is 13.4. The average Bonchev–Trinajstić information content (AvgIpc) is 2.31. The SMILES string of the molecule is CCCNC(=O)CNC(=O)C(C)C(C)C(=O)O. The molecule has 0 aliphatic carbocycles. The van der Waals surface area contributed by atoms with Gasteiger partial charge in [0.25, 0.3) is 0 Å². The van der Waals surface area contributed by atoms with Gasteiger partial charge in [0, 0.05) is 12.5 Å². The maximum absolute atomic E-state index is 11.5. The van der Waals surface area contributed by atoms with E-state index in [0.717, 1.165) is 6.42 Å². The Balaban J connectivity index is 4.01. The molecule has 0 aromatic rings. The van der Waals surface area contributed by atoms with Gasteiger partial charge in [0.15, 0.2) is 0 Å². The number of aliphatic carboxylic acids is 1. The molecule has 0 saturated heterocycles. The van der Waals surface area contributed by atoms with Crippen LogP contribution in [0.2, 0.25) is 0 Å². The Morgan fingerprint density at radius 3 is 2.18 bits per heavy atom. The average molecular weight is 244 g/mol. The third-order valence-corrected chi connectivity index (χ3v) is 2.55. The maximum Gasteiger partial charge on any atom is 0.307 e. The molecule has 3 N–H and O–H groups in total. The van der Waals surface area contributed by atoms with Crippen LogP contribution in [0.5, 0.6) is 0 Å². The third kappa shape index (κ3) is 5.89. The lowest BCUT2D eigenvalue weighted by Crippen LogP contribution is -2.41. The van der Waals surface area contributed by atoms with Crippen LogP contribution in [0.1, 0.15) is 27.2 Å². The van der Waals surface area contributed by atoms with E-state index in [-0.39, 0.29) is 12.5 Å². The summed E-state index contributed by atoms with van der Waals surface area (Å²) in [4.78, 5) is 33.4. The summed E-state index contributed by atoms with van der Waals surface area (Å²) in [6.45, 7) is 5.36. The molecule has 0 fully saturated rings. The highest BCUT2D eigenvalue weighted by Gasteiger charge is 2.25. The summed E-state index contributed by atoms with van der Waals surface area (Å²) in [7, 11) is 0. The molecule has 0 radical (unpaired) electrons. The largest absolute Gasteiger partial charge is 0.481 e. The fourth-order valence-corrected chi connectivity index (χ4v) is 1.10. The van der Waals surface area contributed by atoms with Gasteiger partial charge in [-0.2, -0.15) is 0 Å². The first-order valence-corrected chi connectivity index (χ1v) is 5.67. The van der Waals surface area contributed by atoms with Crippen molar-refractivity contribution in [3.63, 3.8) is 0 Å².